The second kappa shape index (κ2) is 15.4. The van der Waals surface area contributed by atoms with Crippen molar-refractivity contribution in [2.45, 2.75) is 52.5 Å². The summed E-state index contributed by atoms with van der Waals surface area (Å²) in [5.41, 5.74) is 1.26. The maximum absolute atomic E-state index is 5.64. The first-order valence-corrected chi connectivity index (χ1v) is 9.65. The average Bonchev–Trinajstić information content (AvgIpc) is 2.63. The summed E-state index contributed by atoms with van der Waals surface area (Å²) in [6.45, 7) is 11.5. The summed E-state index contributed by atoms with van der Waals surface area (Å²) in [5.74, 6) is 1.75. The summed E-state index contributed by atoms with van der Waals surface area (Å²) in [7, 11) is 0. The number of ether oxygens (including phenoxy) is 2. The topological polar surface area (TPSA) is 33.7 Å². The monoisotopic (exact) mass is 406 g/mol. The fraction of sp³-hybridized carbons (Fsp3) is 0.700. The molecule has 2 rings (SSSR count). The van der Waals surface area contributed by atoms with Crippen LogP contribution >= 0.6 is 24.8 Å². The van der Waals surface area contributed by atoms with Gasteiger partial charge in [0, 0.05) is 6.54 Å². The quantitative estimate of drug-likeness (QED) is 0.510. The first kappa shape index (κ1) is 25.3. The second-order valence-electron chi connectivity index (χ2n) is 6.56. The van der Waals surface area contributed by atoms with Crippen molar-refractivity contribution < 1.29 is 9.47 Å². The van der Waals surface area contributed by atoms with Gasteiger partial charge in [0.2, 0.25) is 0 Å². The molecule has 0 spiro atoms. The van der Waals surface area contributed by atoms with Crippen LogP contribution in [0.4, 0.5) is 0 Å². The third-order valence-electron chi connectivity index (χ3n) is 4.42. The van der Waals surface area contributed by atoms with Crippen LogP contribution in [0.5, 0.6) is 11.5 Å². The van der Waals surface area contributed by atoms with Gasteiger partial charge in [-0.3, -0.25) is 0 Å². The maximum atomic E-state index is 5.64. The van der Waals surface area contributed by atoms with Crippen molar-refractivity contribution in [3.8, 4) is 11.5 Å². The molecule has 0 saturated carbocycles. The van der Waals surface area contributed by atoms with E-state index in [1.54, 1.807) is 0 Å². The smallest absolute Gasteiger partial charge is 0.161 e. The molecule has 0 aromatic heterocycles. The van der Waals surface area contributed by atoms with Crippen LogP contribution in [-0.4, -0.2) is 44.3 Å². The van der Waals surface area contributed by atoms with E-state index < -0.39 is 0 Å². The fourth-order valence-corrected chi connectivity index (χ4v) is 2.96. The van der Waals surface area contributed by atoms with E-state index in [0.717, 1.165) is 24.6 Å². The molecule has 1 heterocycles. The molecule has 1 aliphatic heterocycles. The number of benzene rings is 1. The third-order valence-corrected chi connectivity index (χ3v) is 4.42. The lowest BCUT2D eigenvalue weighted by Gasteiger charge is -2.22. The molecular weight excluding hydrogens is 371 g/mol. The highest BCUT2D eigenvalue weighted by molar-refractivity contribution is 5.85. The zero-order chi connectivity index (χ0) is 17.0. The minimum Gasteiger partial charge on any atom is -0.486 e. The Hall–Kier alpha value is -0.680. The van der Waals surface area contributed by atoms with Gasteiger partial charge in [0.05, 0.1) is 0 Å². The Kier molecular flexibility index (Phi) is 15.0. The molecule has 4 nitrogen and oxygen atoms in total. The van der Waals surface area contributed by atoms with Crippen LogP contribution in [0.3, 0.4) is 0 Å². The van der Waals surface area contributed by atoms with Gasteiger partial charge in [0.1, 0.15) is 13.2 Å². The van der Waals surface area contributed by atoms with Crippen molar-refractivity contribution in [1.82, 2.24) is 10.2 Å². The molecule has 1 aromatic rings. The predicted molar refractivity (Wildman–Crippen MR) is 115 cm³/mol. The van der Waals surface area contributed by atoms with Gasteiger partial charge >= 0.3 is 0 Å². The Balaban J connectivity index is 0.00000312. The molecule has 0 saturated heterocycles. The number of halogens is 2. The van der Waals surface area contributed by atoms with E-state index in [9.17, 15) is 0 Å². The standard InChI is InChI=1S/C20H34N2O2.2ClH/c1-3-5-11-22(12-6-4-2)13-7-10-21-17-18-8-9-19-20(16-18)24-15-14-23-19;;/h8-9,16,21H,3-7,10-15,17H2,1-2H3;2*1H. The molecule has 6 heteroatoms. The highest BCUT2D eigenvalue weighted by atomic mass is 35.5. The molecule has 1 aliphatic rings. The normalized spacial score (nSPS) is 12.4. The zero-order valence-electron chi connectivity index (χ0n) is 16.3. The number of nitrogens with one attached hydrogen (secondary N) is 1. The third kappa shape index (κ3) is 9.31. The number of hydrogen-bond acceptors (Lipinski definition) is 4. The van der Waals surface area contributed by atoms with Crippen LogP contribution in [-0.2, 0) is 6.54 Å². The van der Waals surface area contributed by atoms with Crippen molar-refractivity contribution in [2.24, 2.45) is 0 Å². The summed E-state index contributed by atoms with van der Waals surface area (Å²) in [6, 6.07) is 6.23. The summed E-state index contributed by atoms with van der Waals surface area (Å²) in [6.07, 6.45) is 6.40. The predicted octanol–water partition coefficient (Wildman–Crippen LogP) is 4.68. The minimum absolute atomic E-state index is 0. The lowest BCUT2D eigenvalue weighted by molar-refractivity contribution is 0.171. The Bertz CT molecular complexity index is 467. The van der Waals surface area contributed by atoms with E-state index in [1.165, 1.54) is 57.3 Å². The van der Waals surface area contributed by atoms with E-state index in [0.29, 0.717) is 13.2 Å². The van der Waals surface area contributed by atoms with Crippen molar-refractivity contribution in [3.05, 3.63) is 23.8 Å². The Morgan fingerprint density at radius 2 is 1.50 bits per heavy atom. The molecule has 152 valence electrons. The van der Waals surface area contributed by atoms with E-state index in [2.05, 4.69) is 36.2 Å². The lowest BCUT2D eigenvalue weighted by Crippen LogP contribution is -2.29. The van der Waals surface area contributed by atoms with Gasteiger partial charge in [-0.15, -0.1) is 24.8 Å². The first-order valence-electron chi connectivity index (χ1n) is 9.65. The van der Waals surface area contributed by atoms with Crippen LogP contribution in [0.25, 0.3) is 0 Å². The molecule has 0 unspecified atom stereocenters. The Labute approximate surface area is 171 Å². The Morgan fingerprint density at radius 1 is 0.885 bits per heavy atom. The fourth-order valence-electron chi connectivity index (χ4n) is 2.96. The maximum Gasteiger partial charge on any atom is 0.161 e. The van der Waals surface area contributed by atoms with Gasteiger partial charge < -0.3 is 19.7 Å². The summed E-state index contributed by atoms with van der Waals surface area (Å²) < 4.78 is 11.2. The van der Waals surface area contributed by atoms with Gasteiger partial charge in [-0.05, 0) is 63.1 Å². The van der Waals surface area contributed by atoms with Gasteiger partial charge in [0.25, 0.3) is 0 Å². The largest absolute Gasteiger partial charge is 0.486 e. The van der Waals surface area contributed by atoms with Crippen LogP contribution in [0.15, 0.2) is 18.2 Å². The van der Waals surface area contributed by atoms with Crippen LogP contribution < -0.4 is 14.8 Å². The zero-order valence-corrected chi connectivity index (χ0v) is 17.9. The lowest BCUT2D eigenvalue weighted by atomic mass is 10.2. The molecule has 0 aliphatic carbocycles. The number of unbranched alkanes of at least 4 members (excludes halogenated alkanes) is 2. The molecule has 0 atom stereocenters. The summed E-state index contributed by atoms with van der Waals surface area (Å²) in [5, 5.41) is 3.55. The molecule has 26 heavy (non-hydrogen) atoms. The molecule has 0 fully saturated rings. The SMILES string of the molecule is CCCCN(CCCC)CCCNCc1ccc2c(c1)OCCO2.Cl.Cl. The van der Waals surface area contributed by atoms with Crippen LogP contribution in [0, 0.1) is 0 Å². The van der Waals surface area contributed by atoms with E-state index in [4.69, 9.17) is 9.47 Å². The first-order chi connectivity index (χ1) is 11.8. The van der Waals surface area contributed by atoms with Gasteiger partial charge in [-0.25, -0.2) is 0 Å². The molecule has 0 bridgehead atoms. The van der Waals surface area contributed by atoms with Crippen LogP contribution in [0.1, 0.15) is 51.5 Å². The minimum atomic E-state index is 0. The molecule has 1 N–H and O–H groups in total. The van der Waals surface area contributed by atoms with E-state index in [-0.39, 0.29) is 24.8 Å². The van der Waals surface area contributed by atoms with Gasteiger partial charge in [-0.1, -0.05) is 32.8 Å². The van der Waals surface area contributed by atoms with Gasteiger partial charge in [0.15, 0.2) is 11.5 Å². The van der Waals surface area contributed by atoms with E-state index in [1.807, 2.05) is 6.07 Å². The number of hydrogen-bond donors (Lipinski definition) is 1. The van der Waals surface area contributed by atoms with E-state index >= 15 is 0 Å². The second-order valence-corrected chi connectivity index (χ2v) is 6.56. The van der Waals surface area contributed by atoms with Crippen molar-refractivity contribution in [3.63, 3.8) is 0 Å². The summed E-state index contributed by atoms with van der Waals surface area (Å²) in [4.78, 5) is 2.62. The number of nitrogens with zero attached hydrogens (tertiary/aromatic N) is 1. The average molecular weight is 407 g/mol. The highest BCUT2D eigenvalue weighted by Gasteiger charge is 2.11. The van der Waals surface area contributed by atoms with Crippen LogP contribution in [0.2, 0.25) is 0 Å². The Morgan fingerprint density at radius 3 is 2.15 bits per heavy atom. The molecule has 0 amide bonds. The highest BCUT2D eigenvalue weighted by Crippen LogP contribution is 2.30. The molecular formula is C20H36Cl2N2O2. The molecule has 0 radical (unpaired) electrons. The number of rotatable bonds is 12. The van der Waals surface area contributed by atoms with Crippen molar-refractivity contribution >= 4 is 24.8 Å². The molecule has 1 aromatic carbocycles. The van der Waals surface area contributed by atoms with Crippen molar-refractivity contribution in [2.75, 3.05) is 39.4 Å². The number of fused-ring (bicyclic) bond motifs is 1. The summed E-state index contributed by atoms with van der Waals surface area (Å²) >= 11 is 0. The van der Waals surface area contributed by atoms with Crippen molar-refractivity contribution in [1.29, 1.82) is 0 Å². The van der Waals surface area contributed by atoms with Gasteiger partial charge in [-0.2, -0.15) is 0 Å².